The van der Waals surface area contributed by atoms with Crippen LogP contribution in [0.4, 0.5) is 13.6 Å². The number of Topliss-reactive ketones (excluding diaryl/α,β-unsaturated/α-hetero) is 1. The van der Waals surface area contributed by atoms with Gasteiger partial charge in [0, 0.05) is 36.6 Å². The van der Waals surface area contributed by atoms with E-state index in [-0.39, 0.29) is 34.6 Å². The Kier molecular flexibility index (Phi) is 12.9. The molecule has 1 saturated heterocycles. The Balaban J connectivity index is 1.75. The van der Waals surface area contributed by atoms with Crippen molar-refractivity contribution in [2.24, 2.45) is 16.7 Å². The smallest absolute Gasteiger partial charge is 0.408 e. The van der Waals surface area contributed by atoms with Crippen LogP contribution >= 0.6 is 11.6 Å². The number of esters is 4. The maximum Gasteiger partial charge on any atom is 0.408 e. The molecule has 60 heavy (non-hydrogen) atoms. The number of aliphatic hydroxyl groups is 3. The molecule has 0 radical (unpaired) electrons. The molecule has 2 saturated carbocycles. The van der Waals surface area contributed by atoms with E-state index in [4.69, 9.17) is 40.0 Å². The van der Waals surface area contributed by atoms with Gasteiger partial charge in [-0.25, -0.2) is 23.2 Å². The Hall–Kier alpha value is -4.23. The van der Waals surface area contributed by atoms with Crippen molar-refractivity contribution in [3.63, 3.8) is 0 Å². The fourth-order valence-electron chi connectivity index (χ4n) is 9.19. The molecule has 332 valence electrons. The number of amides is 1. The van der Waals surface area contributed by atoms with Crippen LogP contribution in [0.5, 0.6) is 0 Å². The van der Waals surface area contributed by atoms with Crippen LogP contribution in [0.15, 0.2) is 35.4 Å². The van der Waals surface area contributed by atoms with E-state index in [1.54, 1.807) is 5.32 Å². The number of fused-ring (bicyclic) bond motifs is 5. The SMILES string of the molecule is CCC(=O)O[C@H]1C(=O)[C@@]2(C)C(C(OC(=O)c3cccc(Cl)c3)[C@]3(O)C[C@H](OC(=O)[C@H](O)[C@@H](NC(=O)OC(C)(C)C)C(F)F)C(C)=C1C3(C)C)[C@]1(OC(C)=O)CO[C@@H]1C[C@@H]2O. The minimum absolute atomic E-state index is 0.0204. The fraction of sp³-hybridized carbons (Fsp3) is 0.659. The number of benzene rings is 1. The molecule has 16 nitrogen and oxygen atoms in total. The van der Waals surface area contributed by atoms with E-state index in [1.807, 2.05) is 0 Å². The van der Waals surface area contributed by atoms with Gasteiger partial charge in [-0.05, 0) is 64.0 Å². The van der Waals surface area contributed by atoms with Gasteiger partial charge in [0.15, 0.2) is 23.6 Å². The topological polar surface area (TPSA) is 231 Å². The van der Waals surface area contributed by atoms with Crippen LogP contribution in [-0.4, -0.2) is 124 Å². The highest BCUT2D eigenvalue weighted by molar-refractivity contribution is 6.30. The van der Waals surface area contributed by atoms with Gasteiger partial charge in [0.25, 0.3) is 6.43 Å². The van der Waals surface area contributed by atoms with Crippen molar-refractivity contribution >= 4 is 47.4 Å². The first-order valence-corrected chi connectivity index (χ1v) is 19.8. The second-order valence-electron chi connectivity index (χ2n) is 17.5. The number of carbonyl (C=O) groups is 6. The minimum Gasteiger partial charge on any atom is -0.456 e. The van der Waals surface area contributed by atoms with Gasteiger partial charge in [0.1, 0.15) is 35.6 Å². The van der Waals surface area contributed by atoms with Crippen molar-refractivity contribution in [2.45, 2.75) is 147 Å². The van der Waals surface area contributed by atoms with Gasteiger partial charge in [0.2, 0.25) is 0 Å². The van der Waals surface area contributed by atoms with Crippen molar-refractivity contribution in [1.29, 1.82) is 0 Å². The molecule has 0 aromatic heterocycles. The molecule has 1 amide bonds. The van der Waals surface area contributed by atoms with Gasteiger partial charge in [-0.2, -0.15) is 0 Å². The molecule has 3 aliphatic carbocycles. The van der Waals surface area contributed by atoms with E-state index in [0.29, 0.717) is 0 Å². The van der Waals surface area contributed by atoms with Crippen molar-refractivity contribution in [2.75, 3.05) is 6.61 Å². The van der Waals surface area contributed by atoms with Crippen molar-refractivity contribution in [1.82, 2.24) is 5.32 Å². The van der Waals surface area contributed by atoms with E-state index in [0.717, 1.165) is 6.92 Å². The average Bonchev–Trinajstić information content (AvgIpc) is 3.13. The molecule has 1 aliphatic heterocycles. The zero-order valence-electron chi connectivity index (χ0n) is 34.7. The molecule has 2 bridgehead atoms. The third-order valence-electron chi connectivity index (χ3n) is 12.3. The second kappa shape index (κ2) is 16.6. The fourth-order valence-corrected chi connectivity index (χ4v) is 9.38. The van der Waals surface area contributed by atoms with Crippen molar-refractivity contribution in [3.8, 4) is 0 Å². The summed E-state index contributed by atoms with van der Waals surface area (Å²) in [6.45, 7) is 12.1. The molecule has 2 unspecified atom stereocenters. The summed E-state index contributed by atoms with van der Waals surface area (Å²) >= 11 is 6.21. The Morgan fingerprint density at radius 2 is 1.73 bits per heavy atom. The summed E-state index contributed by atoms with van der Waals surface area (Å²) in [7, 11) is 0. The molecule has 3 fully saturated rings. The highest BCUT2D eigenvalue weighted by Crippen LogP contribution is 2.64. The normalized spacial score (nSPS) is 33.0. The molecule has 5 rings (SSSR count). The zero-order chi connectivity index (χ0) is 45.1. The van der Waals surface area contributed by atoms with Gasteiger partial charge in [0.05, 0.1) is 29.6 Å². The lowest BCUT2D eigenvalue weighted by molar-refractivity contribution is -0.346. The van der Waals surface area contributed by atoms with Crippen LogP contribution < -0.4 is 5.32 Å². The van der Waals surface area contributed by atoms with Gasteiger partial charge in [-0.15, -0.1) is 0 Å². The highest BCUT2D eigenvalue weighted by Gasteiger charge is 2.78. The van der Waals surface area contributed by atoms with E-state index in [2.05, 4.69) is 0 Å². The summed E-state index contributed by atoms with van der Waals surface area (Å²) in [5, 5.41) is 38.4. The number of hydrogen-bond acceptors (Lipinski definition) is 15. The van der Waals surface area contributed by atoms with E-state index in [1.165, 1.54) is 79.7 Å². The molecule has 19 heteroatoms. The van der Waals surface area contributed by atoms with E-state index >= 15 is 4.79 Å². The Morgan fingerprint density at radius 1 is 1.08 bits per heavy atom. The number of carbonyl (C=O) groups excluding carboxylic acids is 6. The van der Waals surface area contributed by atoms with Gasteiger partial charge in [-0.3, -0.25) is 14.4 Å². The Bertz CT molecular complexity index is 1950. The quantitative estimate of drug-likeness (QED) is 0.149. The number of hydrogen-bond donors (Lipinski definition) is 4. The summed E-state index contributed by atoms with van der Waals surface area (Å²) in [6, 6.07) is 3.01. The lowest BCUT2D eigenvalue weighted by Crippen LogP contribution is -2.82. The van der Waals surface area contributed by atoms with Crippen LogP contribution in [0.3, 0.4) is 0 Å². The van der Waals surface area contributed by atoms with Crippen LogP contribution in [0.2, 0.25) is 5.02 Å². The van der Waals surface area contributed by atoms with E-state index < -0.39 is 131 Å². The molecular weight excluding hydrogens is 820 g/mol. The third kappa shape index (κ3) is 8.12. The molecule has 4 aliphatic rings. The van der Waals surface area contributed by atoms with Crippen LogP contribution in [0, 0.1) is 16.7 Å². The first kappa shape index (κ1) is 46.8. The molecule has 1 aromatic rings. The molecule has 4 N–H and O–H groups in total. The Labute approximate surface area is 350 Å². The van der Waals surface area contributed by atoms with Crippen LogP contribution in [0.25, 0.3) is 0 Å². The minimum atomic E-state index is -3.53. The van der Waals surface area contributed by atoms with Gasteiger partial charge >= 0.3 is 30.0 Å². The monoisotopic (exact) mass is 871 g/mol. The lowest BCUT2D eigenvalue weighted by Gasteiger charge is -2.67. The number of alkyl halides is 2. The third-order valence-corrected chi connectivity index (χ3v) is 12.5. The predicted molar refractivity (Wildman–Crippen MR) is 203 cm³/mol. The molecular formula is C41H52ClF2NO15. The number of ether oxygens (including phenoxy) is 6. The largest absolute Gasteiger partial charge is 0.456 e. The van der Waals surface area contributed by atoms with Crippen LogP contribution in [-0.2, 0) is 47.6 Å². The van der Waals surface area contributed by atoms with E-state index in [9.17, 15) is 48.1 Å². The van der Waals surface area contributed by atoms with Gasteiger partial charge < -0.3 is 49.1 Å². The number of nitrogens with one attached hydrogen (secondary N) is 1. The number of alkyl carbamates (subject to hydrolysis) is 1. The molecule has 11 atom stereocenters. The molecule has 1 heterocycles. The maximum absolute atomic E-state index is 15.4. The number of aliphatic hydroxyl groups excluding tert-OH is 2. The summed E-state index contributed by atoms with van der Waals surface area (Å²) in [4.78, 5) is 81.9. The lowest BCUT2D eigenvalue weighted by atomic mass is 9.44. The zero-order valence-corrected chi connectivity index (χ0v) is 35.5. The van der Waals surface area contributed by atoms with Crippen LogP contribution in [0.1, 0.15) is 91.9 Å². The number of ketones is 1. The molecule has 0 spiro atoms. The average molecular weight is 872 g/mol. The molecule has 1 aromatic carbocycles. The highest BCUT2D eigenvalue weighted by atomic mass is 35.5. The van der Waals surface area contributed by atoms with Crippen molar-refractivity contribution < 1.29 is 81.3 Å². The summed E-state index contributed by atoms with van der Waals surface area (Å²) in [6.07, 6.45) is -17.3. The Morgan fingerprint density at radius 3 is 2.27 bits per heavy atom. The standard InChI is InChI=1S/C41H52ClF2NO15/c1-10-25(48)57-29-26-18(2)22(56-35(52)28(49)27(33(43)44)45-36(53)60-37(4,5)6)16-41(54,38(26,7)8)32(58-34(51)20-12-11-13-21(42)14-20)30-39(9,31(29)50)23(47)15-24-40(30,17-55-24)59-19(3)46/h11-14,22-24,27-30,32-33,47,49,54H,10,15-17H2,1-9H3,(H,45,53)/t22-,23-,24+,27+,28+,29+,30?,32?,39+,40-,41+/m0/s1. The summed E-state index contributed by atoms with van der Waals surface area (Å²) in [5.74, 6) is -7.19. The number of rotatable bonds is 10. The van der Waals surface area contributed by atoms with Crippen molar-refractivity contribution in [3.05, 3.63) is 46.0 Å². The van der Waals surface area contributed by atoms with Gasteiger partial charge in [-0.1, -0.05) is 38.4 Å². The maximum atomic E-state index is 15.4. The summed E-state index contributed by atoms with van der Waals surface area (Å²) in [5.41, 5.74) is -9.82. The second-order valence-corrected chi connectivity index (χ2v) is 17.9. The summed E-state index contributed by atoms with van der Waals surface area (Å²) < 4.78 is 63.2. The predicted octanol–water partition coefficient (Wildman–Crippen LogP) is 3.77. The first-order chi connectivity index (χ1) is 27.7. The first-order valence-electron chi connectivity index (χ1n) is 19.5. The number of halogens is 3.